The van der Waals surface area contributed by atoms with Gasteiger partial charge >= 0.3 is 11.9 Å². The molecule has 0 spiro atoms. The molecule has 1 heterocycles. The summed E-state index contributed by atoms with van der Waals surface area (Å²) < 4.78 is 28.4. The van der Waals surface area contributed by atoms with E-state index in [1.54, 1.807) is 32.9 Å². The number of carbonyl (C=O) groups is 3. The summed E-state index contributed by atoms with van der Waals surface area (Å²) >= 11 is 0. The monoisotopic (exact) mass is 596 g/mol. The van der Waals surface area contributed by atoms with Gasteiger partial charge in [-0.15, -0.1) is 0 Å². The first kappa shape index (κ1) is 32.7. The third-order valence-electron chi connectivity index (χ3n) is 5.75. The number of carboxylic acid groups (broad SMARTS) is 1. The highest BCUT2D eigenvalue weighted by Crippen LogP contribution is 2.19. The Morgan fingerprint density at radius 1 is 0.930 bits per heavy atom. The summed E-state index contributed by atoms with van der Waals surface area (Å²) in [4.78, 5) is 50.1. The lowest BCUT2D eigenvalue weighted by Gasteiger charge is -2.19. The maximum absolute atomic E-state index is 13.2. The zero-order chi connectivity index (χ0) is 31.4. The molecule has 43 heavy (non-hydrogen) atoms. The van der Waals surface area contributed by atoms with Gasteiger partial charge in [0.2, 0.25) is 0 Å². The van der Waals surface area contributed by atoms with Gasteiger partial charge < -0.3 is 38.7 Å². The van der Waals surface area contributed by atoms with E-state index in [9.17, 15) is 24.3 Å². The quantitative estimate of drug-likeness (QED) is 0.251. The zero-order valence-corrected chi connectivity index (χ0v) is 24.5. The Morgan fingerprint density at radius 2 is 1.58 bits per heavy atom. The molecule has 12 nitrogen and oxygen atoms in total. The largest absolute Gasteiger partial charge is 0.491 e. The molecular formula is C31H36N2O10. The number of carboxylic acids is 1. The van der Waals surface area contributed by atoms with E-state index in [2.05, 4.69) is 5.32 Å². The van der Waals surface area contributed by atoms with E-state index in [0.717, 1.165) is 5.56 Å². The van der Waals surface area contributed by atoms with Crippen LogP contribution in [0.5, 0.6) is 17.2 Å². The van der Waals surface area contributed by atoms with E-state index in [4.69, 9.17) is 23.7 Å². The van der Waals surface area contributed by atoms with E-state index in [-0.39, 0.29) is 37.7 Å². The van der Waals surface area contributed by atoms with Crippen molar-refractivity contribution in [3.8, 4) is 17.2 Å². The minimum absolute atomic E-state index is 0.0214. The van der Waals surface area contributed by atoms with Crippen molar-refractivity contribution >= 4 is 17.8 Å². The van der Waals surface area contributed by atoms with Crippen LogP contribution >= 0.6 is 0 Å². The molecule has 0 fully saturated rings. The molecule has 12 heteroatoms. The fourth-order valence-corrected chi connectivity index (χ4v) is 3.70. The topological polar surface area (TPSA) is 152 Å². The third-order valence-corrected chi connectivity index (χ3v) is 5.75. The normalized spacial score (nSPS) is 11.7. The van der Waals surface area contributed by atoms with Crippen molar-refractivity contribution in [2.75, 3.05) is 26.9 Å². The summed E-state index contributed by atoms with van der Waals surface area (Å²) in [7, 11) is 1.50. The van der Waals surface area contributed by atoms with E-state index < -0.39 is 41.7 Å². The van der Waals surface area contributed by atoms with Crippen LogP contribution in [0, 0.1) is 0 Å². The van der Waals surface area contributed by atoms with E-state index in [1.165, 1.54) is 36.1 Å². The number of aromatic nitrogens is 1. The molecule has 2 N–H and O–H groups in total. The number of hydrogen-bond acceptors (Lipinski definition) is 9. The van der Waals surface area contributed by atoms with Gasteiger partial charge in [0.15, 0.2) is 18.4 Å². The lowest BCUT2D eigenvalue weighted by molar-refractivity contribution is -0.157. The van der Waals surface area contributed by atoms with Gasteiger partial charge in [-0.2, -0.15) is 0 Å². The summed E-state index contributed by atoms with van der Waals surface area (Å²) in [5.74, 6) is -2.21. The molecular weight excluding hydrogens is 560 g/mol. The average Bonchev–Trinajstić information content (AvgIpc) is 2.96. The molecule has 0 aliphatic heterocycles. The highest BCUT2D eigenvalue weighted by atomic mass is 16.6. The van der Waals surface area contributed by atoms with E-state index in [1.807, 2.05) is 30.3 Å². The van der Waals surface area contributed by atoms with Crippen LogP contribution in [0.15, 0.2) is 71.7 Å². The van der Waals surface area contributed by atoms with Crippen LogP contribution in [0.4, 0.5) is 0 Å². The SMILES string of the molecule is COCCn1ccc(C(=O)NC(COc2ccc(OCC(=O)OC(C)(C)C)cc2)C(=O)O)c(OCc2ccccc2)c1=O. The minimum atomic E-state index is -1.45. The van der Waals surface area contributed by atoms with Crippen molar-refractivity contribution in [1.82, 2.24) is 9.88 Å². The second kappa shape index (κ2) is 15.4. The molecule has 230 valence electrons. The summed E-state index contributed by atoms with van der Waals surface area (Å²) in [6.45, 7) is 5.08. The summed E-state index contributed by atoms with van der Waals surface area (Å²) in [6.07, 6.45) is 1.42. The average molecular weight is 597 g/mol. The molecule has 0 saturated heterocycles. The minimum Gasteiger partial charge on any atom is -0.491 e. The van der Waals surface area contributed by atoms with Gasteiger partial charge in [-0.3, -0.25) is 9.59 Å². The first-order valence-corrected chi connectivity index (χ1v) is 13.5. The first-order valence-electron chi connectivity index (χ1n) is 13.5. The van der Waals surface area contributed by atoms with Crippen LogP contribution in [0.25, 0.3) is 0 Å². The second-order valence-corrected chi connectivity index (χ2v) is 10.3. The Labute approximate surface area is 249 Å². The van der Waals surface area contributed by atoms with Crippen LogP contribution in [0.3, 0.4) is 0 Å². The number of carbonyl (C=O) groups excluding carboxylic acids is 2. The number of ether oxygens (including phenoxy) is 5. The van der Waals surface area contributed by atoms with Gasteiger partial charge in [-0.25, -0.2) is 9.59 Å². The van der Waals surface area contributed by atoms with Gasteiger partial charge in [0.1, 0.15) is 30.3 Å². The van der Waals surface area contributed by atoms with Crippen LogP contribution in [-0.2, 0) is 32.2 Å². The van der Waals surface area contributed by atoms with Crippen LogP contribution < -0.4 is 25.1 Å². The molecule has 3 aromatic rings. The smallest absolute Gasteiger partial charge is 0.344 e. The molecule has 0 aliphatic carbocycles. The Balaban J connectivity index is 1.67. The molecule has 1 unspecified atom stereocenters. The molecule has 3 rings (SSSR count). The van der Waals surface area contributed by atoms with E-state index >= 15 is 0 Å². The Morgan fingerprint density at radius 3 is 2.19 bits per heavy atom. The number of nitrogens with zero attached hydrogens (tertiary/aromatic N) is 1. The van der Waals surface area contributed by atoms with Crippen molar-refractivity contribution in [2.45, 2.75) is 45.6 Å². The highest BCUT2D eigenvalue weighted by Gasteiger charge is 2.25. The molecule has 1 atom stereocenters. The van der Waals surface area contributed by atoms with Gasteiger partial charge in [-0.1, -0.05) is 30.3 Å². The maximum atomic E-state index is 13.2. The number of hydrogen-bond donors (Lipinski definition) is 2. The summed E-state index contributed by atoms with van der Waals surface area (Å²) in [6, 6.07) is 15.2. The Kier molecular flexibility index (Phi) is 11.7. The molecule has 0 radical (unpaired) electrons. The fourth-order valence-electron chi connectivity index (χ4n) is 3.70. The third kappa shape index (κ3) is 10.5. The van der Waals surface area contributed by atoms with Gasteiger partial charge in [0.05, 0.1) is 12.2 Å². The number of nitrogens with one attached hydrogen (secondary N) is 1. The highest BCUT2D eigenvalue weighted by molar-refractivity contribution is 5.98. The van der Waals surface area contributed by atoms with Crippen LogP contribution in [-0.4, -0.2) is 66.1 Å². The molecule has 2 aromatic carbocycles. The molecule has 0 bridgehead atoms. The maximum Gasteiger partial charge on any atom is 0.344 e. The number of esters is 1. The second-order valence-electron chi connectivity index (χ2n) is 10.3. The number of pyridine rings is 1. The van der Waals surface area contributed by atoms with Crippen molar-refractivity contribution in [2.24, 2.45) is 0 Å². The molecule has 0 aliphatic rings. The van der Waals surface area contributed by atoms with Crippen LogP contribution in [0.1, 0.15) is 36.7 Å². The fraction of sp³-hybridized carbons (Fsp3) is 0.355. The van der Waals surface area contributed by atoms with Gasteiger partial charge in [0, 0.05) is 19.9 Å². The van der Waals surface area contributed by atoms with Crippen molar-refractivity contribution in [3.05, 3.63) is 88.3 Å². The van der Waals surface area contributed by atoms with Crippen molar-refractivity contribution in [1.29, 1.82) is 0 Å². The molecule has 1 aromatic heterocycles. The molecule has 0 saturated carbocycles. The Bertz CT molecular complexity index is 1430. The van der Waals surface area contributed by atoms with Crippen molar-refractivity contribution in [3.63, 3.8) is 0 Å². The van der Waals surface area contributed by atoms with Crippen molar-refractivity contribution < 1.29 is 43.2 Å². The Hall–Kier alpha value is -4.84. The predicted molar refractivity (Wildman–Crippen MR) is 156 cm³/mol. The molecule has 1 amide bonds. The zero-order valence-electron chi connectivity index (χ0n) is 24.5. The number of amides is 1. The van der Waals surface area contributed by atoms with Gasteiger partial charge in [-0.05, 0) is 56.7 Å². The number of methoxy groups -OCH3 is 1. The lowest BCUT2D eigenvalue weighted by atomic mass is 10.2. The first-order chi connectivity index (χ1) is 20.5. The number of benzene rings is 2. The van der Waals surface area contributed by atoms with E-state index in [0.29, 0.717) is 11.5 Å². The van der Waals surface area contributed by atoms with Crippen LogP contribution in [0.2, 0.25) is 0 Å². The summed E-state index contributed by atoms with van der Waals surface area (Å²) in [5, 5.41) is 12.1. The lowest BCUT2D eigenvalue weighted by Crippen LogP contribution is -2.45. The van der Waals surface area contributed by atoms with Gasteiger partial charge in [0.25, 0.3) is 11.5 Å². The number of rotatable bonds is 15. The standard InChI is InChI=1S/C31H36N2O10/c1-31(2,3)43-26(34)20-41-23-12-10-22(11-13-23)40-19-25(30(37)38)32-28(35)24-14-15-33(16-17-39-4)29(36)27(24)42-18-21-8-6-5-7-9-21/h5-15,25H,16-20H2,1-4H3,(H,32,35)(H,37,38). The number of aliphatic carboxylic acids is 1. The summed E-state index contributed by atoms with van der Waals surface area (Å²) in [5.41, 5.74) is -0.530. The predicted octanol–water partition coefficient (Wildman–Crippen LogP) is 3.06.